The normalized spacial score (nSPS) is 15.7. The van der Waals surface area contributed by atoms with Crippen molar-refractivity contribution in [2.45, 2.75) is 37.6 Å². The Hall–Kier alpha value is -0.340. The highest BCUT2D eigenvalue weighted by Crippen LogP contribution is 2.42. The summed E-state index contributed by atoms with van der Waals surface area (Å²) >= 11 is 0.983. The van der Waals surface area contributed by atoms with Crippen LogP contribution in [0.15, 0.2) is 5.38 Å². The molecule has 0 aliphatic rings. The van der Waals surface area contributed by atoms with Gasteiger partial charge in [0.1, 0.15) is 0 Å². The Labute approximate surface area is 111 Å². The average Bonchev–Trinajstić information content (AvgIpc) is 2.45. The highest BCUT2D eigenvalue weighted by atomic mass is 35.7. The minimum Gasteiger partial charge on any atom is -0.244 e. The summed E-state index contributed by atoms with van der Waals surface area (Å²) in [5.74, 6) is 0. The van der Waals surface area contributed by atoms with Gasteiger partial charge in [-0.1, -0.05) is 20.8 Å². The molecule has 3 nitrogen and oxygen atoms in total. The van der Waals surface area contributed by atoms with Crippen molar-refractivity contribution in [3.8, 4) is 0 Å². The summed E-state index contributed by atoms with van der Waals surface area (Å²) in [5, 5.41) is -1.27. The fourth-order valence-electron chi connectivity index (χ4n) is 1.22. The number of thiazole rings is 1. The van der Waals surface area contributed by atoms with Gasteiger partial charge in [-0.05, 0) is 0 Å². The molecule has 0 saturated heterocycles. The number of aromatic nitrogens is 1. The molecule has 0 aliphatic carbocycles. The minimum atomic E-state index is -4.98. The summed E-state index contributed by atoms with van der Waals surface area (Å²) in [6.07, 6.45) is -4.98. The second kappa shape index (κ2) is 4.64. The van der Waals surface area contributed by atoms with Crippen LogP contribution in [0.5, 0.6) is 0 Å². The fourth-order valence-corrected chi connectivity index (χ4v) is 3.55. The third kappa shape index (κ3) is 3.58. The van der Waals surface area contributed by atoms with Crippen LogP contribution in [-0.4, -0.2) is 19.6 Å². The molecule has 1 unspecified atom stereocenters. The molecule has 0 N–H and O–H groups in total. The first-order chi connectivity index (χ1) is 7.83. The van der Waals surface area contributed by atoms with Gasteiger partial charge >= 0.3 is 6.18 Å². The Bertz CT molecular complexity index is 531. The van der Waals surface area contributed by atoms with Crippen molar-refractivity contribution in [3.63, 3.8) is 0 Å². The zero-order valence-corrected chi connectivity index (χ0v) is 12.1. The van der Waals surface area contributed by atoms with Crippen LogP contribution in [0.3, 0.4) is 0 Å². The number of nitrogens with zero attached hydrogens (tertiary/aromatic N) is 1. The van der Waals surface area contributed by atoms with Gasteiger partial charge in [0, 0.05) is 21.5 Å². The molecule has 0 radical (unpaired) electrons. The third-order valence-electron chi connectivity index (χ3n) is 2.01. The van der Waals surface area contributed by atoms with E-state index in [-0.39, 0.29) is 0 Å². The van der Waals surface area contributed by atoms with E-state index in [2.05, 4.69) is 4.98 Å². The van der Waals surface area contributed by atoms with Crippen molar-refractivity contribution in [2.75, 3.05) is 0 Å². The topological polar surface area (TPSA) is 47.0 Å². The molecule has 104 valence electrons. The molecule has 0 aliphatic heterocycles. The third-order valence-corrected chi connectivity index (χ3v) is 4.90. The molecule has 1 aromatic heterocycles. The van der Waals surface area contributed by atoms with E-state index in [1.807, 2.05) is 0 Å². The Balaban J connectivity index is 3.30. The van der Waals surface area contributed by atoms with Crippen LogP contribution in [0.2, 0.25) is 0 Å². The van der Waals surface area contributed by atoms with Gasteiger partial charge in [0.05, 0.1) is 10.7 Å². The summed E-state index contributed by atoms with van der Waals surface area (Å²) in [6.45, 7) is 5.31. The van der Waals surface area contributed by atoms with Gasteiger partial charge in [0.2, 0.25) is 14.3 Å². The maximum atomic E-state index is 12.7. The van der Waals surface area contributed by atoms with Gasteiger partial charge in [-0.15, -0.1) is 11.3 Å². The largest absolute Gasteiger partial charge is 0.412 e. The van der Waals surface area contributed by atoms with E-state index in [0.717, 1.165) is 16.7 Å². The molecular weight excluding hydrogens is 311 g/mol. The fraction of sp³-hybridized carbons (Fsp3) is 0.667. The Morgan fingerprint density at radius 3 is 2.11 bits per heavy atom. The van der Waals surface area contributed by atoms with Crippen molar-refractivity contribution >= 4 is 31.1 Å². The second-order valence-corrected chi connectivity index (χ2v) is 8.30. The van der Waals surface area contributed by atoms with Gasteiger partial charge in [-0.2, -0.15) is 13.2 Å². The van der Waals surface area contributed by atoms with Crippen LogP contribution in [0.1, 0.15) is 36.7 Å². The Kier molecular flexibility index (Phi) is 4.06. The monoisotopic (exact) mass is 321 g/mol. The van der Waals surface area contributed by atoms with Gasteiger partial charge < -0.3 is 0 Å². The average molecular weight is 322 g/mol. The van der Waals surface area contributed by atoms with Crippen LogP contribution < -0.4 is 0 Å². The molecule has 0 bridgehead atoms. The van der Waals surface area contributed by atoms with Crippen LogP contribution in [-0.2, 0) is 14.5 Å². The van der Waals surface area contributed by atoms with E-state index < -0.39 is 31.6 Å². The molecule has 0 spiro atoms. The lowest BCUT2D eigenvalue weighted by molar-refractivity contribution is -0.131. The van der Waals surface area contributed by atoms with Gasteiger partial charge in [0.15, 0.2) is 0 Å². The molecule has 1 rings (SSSR count). The van der Waals surface area contributed by atoms with Crippen molar-refractivity contribution in [2.24, 2.45) is 0 Å². The van der Waals surface area contributed by atoms with Gasteiger partial charge in [-0.3, -0.25) is 0 Å². The summed E-state index contributed by atoms with van der Waals surface area (Å²) in [5.41, 5.74) is -1.03. The number of rotatable bonds is 2. The highest BCUT2D eigenvalue weighted by molar-refractivity contribution is 8.14. The highest BCUT2D eigenvalue weighted by Gasteiger charge is 2.50. The van der Waals surface area contributed by atoms with Crippen LogP contribution in [0, 0.1) is 0 Å². The zero-order chi connectivity index (χ0) is 14.4. The summed E-state index contributed by atoms with van der Waals surface area (Å²) in [6, 6.07) is 0. The van der Waals surface area contributed by atoms with Crippen molar-refractivity contribution in [1.82, 2.24) is 4.98 Å². The predicted molar refractivity (Wildman–Crippen MR) is 64.4 cm³/mol. The van der Waals surface area contributed by atoms with E-state index in [1.165, 1.54) is 0 Å². The summed E-state index contributed by atoms with van der Waals surface area (Å²) < 4.78 is 60.2. The number of hydrogen-bond donors (Lipinski definition) is 0. The molecule has 1 aromatic rings. The van der Waals surface area contributed by atoms with E-state index in [4.69, 9.17) is 10.7 Å². The van der Waals surface area contributed by atoms with Crippen molar-refractivity contribution in [3.05, 3.63) is 16.1 Å². The molecule has 18 heavy (non-hydrogen) atoms. The van der Waals surface area contributed by atoms with E-state index in [0.29, 0.717) is 5.01 Å². The molecule has 9 heteroatoms. The lowest BCUT2D eigenvalue weighted by Crippen LogP contribution is -2.26. The molecule has 0 amide bonds. The number of halogens is 4. The van der Waals surface area contributed by atoms with Gasteiger partial charge in [-0.25, -0.2) is 13.4 Å². The molecule has 1 heterocycles. The van der Waals surface area contributed by atoms with E-state index in [9.17, 15) is 21.6 Å². The summed E-state index contributed by atoms with van der Waals surface area (Å²) in [4.78, 5) is 3.75. The van der Waals surface area contributed by atoms with Crippen molar-refractivity contribution in [1.29, 1.82) is 0 Å². The Morgan fingerprint density at radius 2 is 1.83 bits per heavy atom. The lowest BCUT2D eigenvalue weighted by atomic mass is 9.98. The Morgan fingerprint density at radius 1 is 1.33 bits per heavy atom. The van der Waals surface area contributed by atoms with E-state index >= 15 is 0 Å². The molecule has 1 atom stereocenters. The first-order valence-electron chi connectivity index (χ1n) is 4.79. The predicted octanol–water partition coefficient (Wildman–Crippen LogP) is 3.61. The minimum absolute atomic E-state index is 0.423. The first-order valence-corrected chi connectivity index (χ1v) is 8.05. The first kappa shape index (κ1) is 15.7. The maximum absolute atomic E-state index is 12.7. The number of alkyl halides is 3. The maximum Gasteiger partial charge on any atom is 0.412 e. The van der Waals surface area contributed by atoms with Gasteiger partial charge in [0.25, 0.3) is 0 Å². The molecular formula is C9H11ClF3NO2S2. The lowest BCUT2D eigenvalue weighted by Gasteiger charge is -2.16. The zero-order valence-electron chi connectivity index (χ0n) is 9.75. The van der Waals surface area contributed by atoms with Crippen LogP contribution in [0.4, 0.5) is 13.2 Å². The van der Waals surface area contributed by atoms with Crippen molar-refractivity contribution < 1.29 is 21.6 Å². The molecule has 0 aromatic carbocycles. The quantitative estimate of drug-likeness (QED) is 0.782. The smallest absolute Gasteiger partial charge is 0.244 e. The van der Waals surface area contributed by atoms with Crippen LogP contribution in [0.25, 0.3) is 0 Å². The SMILES string of the molecule is CC(C)(C)c1nc(C(C(F)(F)F)S(=O)(=O)Cl)cs1. The summed E-state index contributed by atoms with van der Waals surface area (Å²) in [7, 11) is 0.0423. The molecule has 0 fully saturated rings. The standard InChI is InChI=1S/C9H11ClF3NO2S2/c1-8(2,3)7-14-5(4-17-7)6(9(11,12)13)18(10,15)16/h4,6H,1-3H3. The van der Waals surface area contributed by atoms with E-state index in [1.54, 1.807) is 20.8 Å². The van der Waals surface area contributed by atoms with Crippen LogP contribution >= 0.6 is 22.0 Å². The molecule has 0 saturated carbocycles. The number of hydrogen-bond acceptors (Lipinski definition) is 4. The second-order valence-electron chi connectivity index (χ2n) is 4.72.